The lowest BCUT2D eigenvalue weighted by molar-refractivity contribution is 0.576. The number of nitrogens with zero attached hydrogens (tertiary/aromatic N) is 3. The fraction of sp³-hybridized carbons (Fsp3) is 0.263. The number of thiazole rings is 1. The Kier molecular flexibility index (Phi) is 4.44. The molecular weight excluding hydrogens is 340 g/mol. The highest BCUT2D eigenvalue weighted by molar-refractivity contribution is 7.19. The van der Waals surface area contributed by atoms with Crippen molar-refractivity contribution in [2.24, 2.45) is 0 Å². The standard InChI is InChI=1S/C19H17F2N3S/c20-14-5-4-6-15(21)16(14)17-18(13-7-9-22-10-8-13)25-19(23-17)24-11-2-1-3-12-24/h4-10H,1-3,11-12H2. The van der Waals surface area contributed by atoms with Crippen LogP contribution in [-0.2, 0) is 0 Å². The summed E-state index contributed by atoms with van der Waals surface area (Å²) in [5, 5.41) is 0.823. The fourth-order valence-electron chi connectivity index (χ4n) is 3.12. The third kappa shape index (κ3) is 3.14. The van der Waals surface area contributed by atoms with Crippen molar-refractivity contribution < 1.29 is 8.78 Å². The predicted octanol–water partition coefficient (Wildman–Crippen LogP) is 5.14. The first-order valence-electron chi connectivity index (χ1n) is 8.34. The van der Waals surface area contributed by atoms with Crippen LogP contribution in [0, 0.1) is 11.6 Å². The van der Waals surface area contributed by atoms with Crippen LogP contribution in [0.2, 0.25) is 0 Å². The number of aromatic nitrogens is 2. The van der Waals surface area contributed by atoms with Crippen LogP contribution in [0.5, 0.6) is 0 Å². The average Bonchev–Trinajstić information content (AvgIpc) is 3.08. The van der Waals surface area contributed by atoms with Crippen LogP contribution in [0.3, 0.4) is 0 Å². The van der Waals surface area contributed by atoms with Gasteiger partial charge in [-0.1, -0.05) is 17.4 Å². The monoisotopic (exact) mass is 357 g/mol. The van der Waals surface area contributed by atoms with E-state index in [4.69, 9.17) is 0 Å². The molecule has 1 fully saturated rings. The van der Waals surface area contributed by atoms with Gasteiger partial charge in [-0.05, 0) is 49.1 Å². The average molecular weight is 357 g/mol. The maximum Gasteiger partial charge on any atom is 0.186 e. The number of rotatable bonds is 3. The molecule has 2 aromatic heterocycles. The minimum atomic E-state index is -0.592. The number of benzene rings is 1. The van der Waals surface area contributed by atoms with E-state index >= 15 is 0 Å². The van der Waals surface area contributed by atoms with Crippen molar-refractivity contribution in [3.63, 3.8) is 0 Å². The van der Waals surface area contributed by atoms with Crippen molar-refractivity contribution in [3.05, 3.63) is 54.4 Å². The van der Waals surface area contributed by atoms with Gasteiger partial charge in [0.15, 0.2) is 5.13 Å². The molecule has 6 heteroatoms. The zero-order chi connectivity index (χ0) is 17.2. The molecule has 128 valence electrons. The molecule has 0 spiro atoms. The van der Waals surface area contributed by atoms with E-state index in [9.17, 15) is 8.78 Å². The van der Waals surface area contributed by atoms with Crippen LogP contribution in [-0.4, -0.2) is 23.1 Å². The van der Waals surface area contributed by atoms with E-state index in [0.717, 1.165) is 41.5 Å². The van der Waals surface area contributed by atoms with Gasteiger partial charge in [-0.15, -0.1) is 0 Å². The third-order valence-corrected chi connectivity index (χ3v) is 5.55. The van der Waals surface area contributed by atoms with Crippen molar-refractivity contribution in [2.75, 3.05) is 18.0 Å². The normalized spacial score (nSPS) is 14.7. The summed E-state index contributed by atoms with van der Waals surface area (Å²) < 4.78 is 28.8. The molecule has 25 heavy (non-hydrogen) atoms. The minimum Gasteiger partial charge on any atom is -0.348 e. The molecule has 0 bridgehead atoms. The predicted molar refractivity (Wildman–Crippen MR) is 96.8 cm³/mol. The fourth-order valence-corrected chi connectivity index (χ4v) is 4.25. The van der Waals surface area contributed by atoms with Gasteiger partial charge in [0, 0.05) is 25.5 Å². The number of halogens is 2. The number of pyridine rings is 1. The van der Waals surface area contributed by atoms with E-state index in [-0.39, 0.29) is 5.56 Å². The molecule has 0 radical (unpaired) electrons. The van der Waals surface area contributed by atoms with Gasteiger partial charge < -0.3 is 4.90 Å². The van der Waals surface area contributed by atoms with Crippen LogP contribution in [0.15, 0.2) is 42.7 Å². The minimum absolute atomic E-state index is 0.0613. The lowest BCUT2D eigenvalue weighted by Gasteiger charge is -2.25. The smallest absolute Gasteiger partial charge is 0.186 e. The summed E-state index contributed by atoms with van der Waals surface area (Å²) in [5.41, 5.74) is 1.18. The summed E-state index contributed by atoms with van der Waals surface area (Å²) in [6, 6.07) is 7.60. The molecule has 1 aliphatic heterocycles. The van der Waals surface area contributed by atoms with Crippen LogP contribution < -0.4 is 4.90 Å². The second-order valence-electron chi connectivity index (χ2n) is 6.05. The molecule has 1 saturated heterocycles. The van der Waals surface area contributed by atoms with Gasteiger partial charge in [0.25, 0.3) is 0 Å². The zero-order valence-corrected chi connectivity index (χ0v) is 14.4. The molecule has 3 heterocycles. The second-order valence-corrected chi connectivity index (χ2v) is 7.03. The van der Waals surface area contributed by atoms with E-state index in [1.165, 1.54) is 36.0 Å². The first-order valence-corrected chi connectivity index (χ1v) is 9.16. The van der Waals surface area contributed by atoms with Crippen LogP contribution in [0.25, 0.3) is 21.7 Å². The number of hydrogen-bond donors (Lipinski definition) is 0. The van der Waals surface area contributed by atoms with Gasteiger partial charge in [0.05, 0.1) is 16.1 Å². The van der Waals surface area contributed by atoms with Gasteiger partial charge in [-0.25, -0.2) is 13.8 Å². The molecular formula is C19H17F2N3S. The van der Waals surface area contributed by atoms with Gasteiger partial charge in [-0.3, -0.25) is 4.98 Å². The molecule has 1 aliphatic rings. The SMILES string of the molecule is Fc1cccc(F)c1-c1nc(N2CCCCC2)sc1-c1ccncc1. The van der Waals surface area contributed by atoms with Crippen molar-refractivity contribution >= 4 is 16.5 Å². The Balaban J connectivity index is 1.88. The molecule has 0 N–H and O–H groups in total. The summed E-state index contributed by atoms with van der Waals surface area (Å²) in [5.74, 6) is -1.18. The highest BCUT2D eigenvalue weighted by atomic mass is 32.1. The maximum absolute atomic E-state index is 14.4. The van der Waals surface area contributed by atoms with Crippen molar-refractivity contribution in [1.82, 2.24) is 9.97 Å². The van der Waals surface area contributed by atoms with E-state index < -0.39 is 11.6 Å². The summed E-state index contributed by atoms with van der Waals surface area (Å²) >= 11 is 1.49. The van der Waals surface area contributed by atoms with E-state index in [2.05, 4.69) is 14.9 Å². The third-order valence-electron chi connectivity index (χ3n) is 4.38. The Morgan fingerprint density at radius 1 is 0.920 bits per heavy atom. The van der Waals surface area contributed by atoms with Crippen LogP contribution >= 0.6 is 11.3 Å². The molecule has 0 atom stereocenters. The Labute approximate surface area is 149 Å². The van der Waals surface area contributed by atoms with E-state index in [0.29, 0.717) is 5.69 Å². The maximum atomic E-state index is 14.4. The molecule has 3 nitrogen and oxygen atoms in total. The lowest BCUT2D eigenvalue weighted by Crippen LogP contribution is -2.29. The first kappa shape index (κ1) is 16.1. The van der Waals surface area contributed by atoms with Gasteiger partial charge in [-0.2, -0.15) is 0 Å². The van der Waals surface area contributed by atoms with Gasteiger partial charge in [0.1, 0.15) is 11.6 Å². The van der Waals surface area contributed by atoms with Crippen molar-refractivity contribution in [2.45, 2.75) is 19.3 Å². The van der Waals surface area contributed by atoms with Gasteiger partial charge in [0.2, 0.25) is 0 Å². The lowest BCUT2D eigenvalue weighted by atomic mass is 10.1. The molecule has 0 unspecified atom stereocenters. The Bertz CT molecular complexity index is 853. The molecule has 0 amide bonds. The summed E-state index contributed by atoms with van der Waals surface area (Å²) in [7, 11) is 0. The quantitative estimate of drug-likeness (QED) is 0.650. The van der Waals surface area contributed by atoms with Gasteiger partial charge >= 0.3 is 0 Å². The Morgan fingerprint density at radius 3 is 2.28 bits per heavy atom. The summed E-state index contributed by atoms with van der Waals surface area (Å²) in [6.07, 6.45) is 6.81. The second kappa shape index (κ2) is 6.88. The Hall–Kier alpha value is -2.34. The largest absolute Gasteiger partial charge is 0.348 e. The van der Waals surface area contributed by atoms with E-state index in [1.54, 1.807) is 12.4 Å². The number of hydrogen-bond acceptors (Lipinski definition) is 4. The van der Waals surface area contributed by atoms with Crippen molar-refractivity contribution in [3.8, 4) is 21.7 Å². The topological polar surface area (TPSA) is 29.0 Å². The number of piperidine rings is 1. The molecule has 4 rings (SSSR count). The molecule has 0 saturated carbocycles. The highest BCUT2D eigenvalue weighted by Gasteiger charge is 2.24. The summed E-state index contributed by atoms with van der Waals surface area (Å²) in [4.78, 5) is 11.7. The highest BCUT2D eigenvalue weighted by Crippen LogP contribution is 2.42. The first-order chi connectivity index (χ1) is 12.2. The summed E-state index contributed by atoms with van der Waals surface area (Å²) in [6.45, 7) is 1.87. The van der Waals surface area contributed by atoms with E-state index in [1.807, 2.05) is 12.1 Å². The number of anilines is 1. The van der Waals surface area contributed by atoms with Crippen LogP contribution in [0.1, 0.15) is 19.3 Å². The van der Waals surface area contributed by atoms with Crippen molar-refractivity contribution in [1.29, 1.82) is 0 Å². The van der Waals surface area contributed by atoms with Crippen LogP contribution in [0.4, 0.5) is 13.9 Å². The molecule has 3 aromatic rings. The zero-order valence-electron chi connectivity index (χ0n) is 13.6. The molecule has 0 aliphatic carbocycles. The Morgan fingerprint density at radius 2 is 1.60 bits per heavy atom. The molecule has 1 aromatic carbocycles.